The second-order valence-corrected chi connectivity index (χ2v) is 18.6. The summed E-state index contributed by atoms with van der Waals surface area (Å²) in [6.45, 7) is 0. The molecule has 0 radical (unpaired) electrons. The minimum Gasteiger partial charge on any atom is -0.309 e. The molecule has 0 bridgehead atoms. The molecule has 0 amide bonds. The van der Waals surface area contributed by atoms with E-state index in [0.717, 1.165) is 55.3 Å². The van der Waals surface area contributed by atoms with E-state index in [0.29, 0.717) is 11.1 Å². The number of fused-ring (bicyclic) bond motifs is 3. The average Bonchev–Trinajstić information content (AvgIpc) is 3.94. The summed E-state index contributed by atoms with van der Waals surface area (Å²) in [5.41, 5.74) is 14.8. The Kier molecular flexibility index (Phi) is 7.88. The van der Waals surface area contributed by atoms with Crippen molar-refractivity contribution in [1.29, 1.82) is 10.5 Å². The van der Waals surface area contributed by atoms with Crippen LogP contribution in [0.3, 0.4) is 0 Å². The predicted molar refractivity (Wildman–Crippen MR) is 291 cm³/mol. The fourth-order valence-corrected chi connectivity index (χ4v) is 12.2. The molecule has 0 fully saturated rings. The van der Waals surface area contributed by atoms with Gasteiger partial charge in [-0.1, -0.05) is 146 Å². The third kappa shape index (κ3) is 5.28. The van der Waals surface area contributed by atoms with Gasteiger partial charge in [0.15, 0.2) is 0 Å². The van der Waals surface area contributed by atoms with Gasteiger partial charge in [0.2, 0.25) is 0 Å². The summed E-state index contributed by atoms with van der Waals surface area (Å²) < 4.78 is 4.67. The van der Waals surface area contributed by atoms with Crippen molar-refractivity contribution < 1.29 is 0 Å². The molecule has 2 aromatic heterocycles. The summed E-state index contributed by atoms with van der Waals surface area (Å²) in [4.78, 5) is 0. The normalized spacial score (nSPS) is 12.0. The second-order valence-electron chi connectivity index (χ2n) is 18.6. The molecule has 0 unspecified atom stereocenters. The maximum absolute atomic E-state index is 10.1. The summed E-state index contributed by atoms with van der Waals surface area (Å²) in [6, 6.07) is 83.6. The van der Waals surface area contributed by atoms with Crippen LogP contribution in [0.2, 0.25) is 0 Å². The van der Waals surface area contributed by atoms with Gasteiger partial charge in [-0.25, -0.2) is 0 Å². The molecule has 70 heavy (non-hydrogen) atoms. The highest BCUT2D eigenvalue weighted by atomic mass is 15.0. The van der Waals surface area contributed by atoms with Crippen molar-refractivity contribution >= 4 is 97.5 Å². The maximum atomic E-state index is 10.1. The number of hydrogen-bond acceptors (Lipinski definition) is 2. The molecule has 4 nitrogen and oxygen atoms in total. The quantitative estimate of drug-likeness (QED) is 0.128. The molecule has 15 aromatic rings. The molecule has 0 aliphatic carbocycles. The Morgan fingerprint density at radius 3 is 1.11 bits per heavy atom. The van der Waals surface area contributed by atoms with Crippen molar-refractivity contribution in [3.8, 4) is 56.9 Å². The van der Waals surface area contributed by atoms with Crippen LogP contribution in [0.4, 0.5) is 0 Å². The summed E-state index contributed by atoms with van der Waals surface area (Å²) >= 11 is 0. The van der Waals surface area contributed by atoms with Gasteiger partial charge in [0, 0.05) is 32.9 Å². The van der Waals surface area contributed by atoms with Crippen molar-refractivity contribution in [2.75, 3.05) is 0 Å². The van der Waals surface area contributed by atoms with Crippen molar-refractivity contribution in [3.05, 3.63) is 230 Å². The van der Waals surface area contributed by atoms with Crippen LogP contribution in [-0.2, 0) is 0 Å². The van der Waals surface area contributed by atoms with E-state index in [1.54, 1.807) is 0 Å². The molecule has 0 saturated carbocycles. The fraction of sp³-hybridized carbons (Fsp3) is 0. The molecular formula is C66H36N4. The Morgan fingerprint density at radius 2 is 0.643 bits per heavy atom. The summed E-state index contributed by atoms with van der Waals surface area (Å²) in [5, 5.41) is 36.6. The van der Waals surface area contributed by atoms with Crippen molar-refractivity contribution in [2.45, 2.75) is 0 Å². The molecule has 15 rings (SSSR count). The van der Waals surface area contributed by atoms with Gasteiger partial charge in [-0.2, -0.15) is 10.5 Å². The van der Waals surface area contributed by atoms with Crippen LogP contribution in [0.5, 0.6) is 0 Å². The lowest BCUT2D eigenvalue weighted by molar-refractivity contribution is 1.18. The monoisotopic (exact) mass is 884 g/mol. The molecule has 0 spiro atoms. The molecule has 13 aromatic carbocycles. The molecule has 0 saturated heterocycles. The SMILES string of the molecule is N#Cc1cc2ccc3cc(-c4ccc(-c5c6ccccc6c(-c6cc7ccc8cc(C#N)cc9c8c7c(c6)n9-c6ccccc6)c6ccccc56)c5ccccc45)cc4c3c2c(c1)n4-c1ccccc1. The average molecular weight is 885 g/mol. The van der Waals surface area contributed by atoms with Crippen LogP contribution in [-0.4, -0.2) is 9.13 Å². The van der Waals surface area contributed by atoms with E-state index in [4.69, 9.17) is 0 Å². The van der Waals surface area contributed by atoms with Crippen LogP contribution in [0.1, 0.15) is 11.1 Å². The number of nitriles is 2. The summed E-state index contributed by atoms with van der Waals surface area (Å²) in [7, 11) is 0. The van der Waals surface area contributed by atoms with Crippen molar-refractivity contribution in [3.63, 3.8) is 0 Å². The largest absolute Gasteiger partial charge is 0.309 e. The van der Waals surface area contributed by atoms with E-state index >= 15 is 0 Å². The van der Waals surface area contributed by atoms with Gasteiger partial charge in [0.25, 0.3) is 0 Å². The highest BCUT2D eigenvalue weighted by Crippen LogP contribution is 2.50. The molecule has 0 N–H and O–H groups in total. The smallest absolute Gasteiger partial charge is 0.0992 e. The van der Waals surface area contributed by atoms with Crippen molar-refractivity contribution in [2.24, 2.45) is 0 Å². The molecule has 0 aliphatic heterocycles. The topological polar surface area (TPSA) is 57.4 Å². The van der Waals surface area contributed by atoms with Gasteiger partial charge in [-0.05, 0) is 160 Å². The third-order valence-corrected chi connectivity index (χ3v) is 15.0. The lowest BCUT2D eigenvalue weighted by atomic mass is 9.83. The van der Waals surface area contributed by atoms with Crippen LogP contribution in [0.15, 0.2) is 218 Å². The Bertz CT molecular complexity index is 4710. The first kappa shape index (κ1) is 38.4. The standard InChI is InChI=1S/C66H36N4/c67-37-39-29-41-23-25-43-33-45(35-59-64(43)62(41)57(31-39)69(59)47-13-3-1-4-14-47)49-27-28-56(51-18-8-7-17-50(49)51)66-54-21-11-9-19-52(54)61(53-20-10-12-22-55(53)66)46-34-44-26-24-42-30-40(38-68)32-58-63(42)65(44)60(36-46)70(58)48-15-5-2-6-16-48/h1-36H. The number of rotatable bonds is 5. The van der Waals surface area contributed by atoms with Crippen LogP contribution in [0.25, 0.3) is 142 Å². The van der Waals surface area contributed by atoms with Gasteiger partial charge in [0.05, 0.1) is 45.3 Å². The zero-order chi connectivity index (χ0) is 46.2. The van der Waals surface area contributed by atoms with Crippen LogP contribution >= 0.6 is 0 Å². The van der Waals surface area contributed by atoms with Crippen molar-refractivity contribution in [1.82, 2.24) is 9.13 Å². The minimum atomic E-state index is 0.651. The lowest BCUT2D eigenvalue weighted by Gasteiger charge is -2.20. The fourth-order valence-electron chi connectivity index (χ4n) is 12.2. The lowest BCUT2D eigenvalue weighted by Crippen LogP contribution is -1.95. The van der Waals surface area contributed by atoms with Gasteiger partial charge in [0.1, 0.15) is 0 Å². The predicted octanol–water partition coefficient (Wildman–Crippen LogP) is 17.3. The zero-order valence-electron chi connectivity index (χ0n) is 37.6. The number of hydrogen-bond donors (Lipinski definition) is 0. The second kappa shape index (κ2) is 14.4. The minimum absolute atomic E-state index is 0.651. The van der Waals surface area contributed by atoms with Gasteiger partial charge >= 0.3 is 0 Å². The number of nitrogens with zero attached hydrogens (tertiary/aromatic N) is 4. The first-order valence-corrected chi connectivity index (χ1v) is 23.7. The van der Waals surface area contributed by atoms with Gasteiger partial charge in [-0.15, -0.1) is 0 Å². The Hall–Kier alpha value is -9.74. The number of para-hydroxylation sites is 2. The van der Waals surface area contributed by atoms with Gasteiger partial charge < -0.3 is 9.13 Å². The van der Waals surface area contributed by atoms with E-state index in [-0.39, 0.29) is 0 Å². The molecule has 2 heterocycles. The highest BCUT2D eigenvalue weighted by molar-refractivity contribution is 6.29. The number of aromatic nitrogens is 2. The highest BCUT2D eigenvalue weighted by Gasteiger charge is 2.24. The summed E-state index contributed by atoms with van der Waals surface area (Å²) in [6.07, 6.45) is 0. The molecule has 0 atom stereocenters. The van der Waals surface area contributed by atoms with E-state index in [2.05, 4.69) is 209 Å². The first-order valence-electron chi connectivity index (χ1n) is 23.7. The van der Waals surface area contributed by atoms with E-state index < -0.39 is 0 Å². The first-order chi connectivity index (χ1) is 34.6. The van der Waals surface area contributed by atoms with E-state index in [1.807, 2.05) is 30.3 Å². The summed E-state index contributed by atoms with van der Waals surface area (Å²) in [5.74, 6) is 0. The molecule has 0 aliphatic rings. The third-order valence-electron chi connectivity index (χ3n) is 15.0. The zero-order valence-corrected chi connectivity index (χ0v) is 37.6. The molecular weight excluding hydrogens is 849 g/mol. The van der Waals surface area contributed by atoms with E-state index in [9.17, 15) is 10.5 Å². The molecule has 4 heteroatoms. The number of benzene rings is 13. The Balaban J connectivity index is 0.977. The maximum Gasteiger partial charge on any atom is 0.0992 e. The van der Waals surface area contributed by atoms with E-state index in [1.165, 1.54) is 86.9 Å². The van der Waals surface area contributed by atoms with Crippen LogP contribution in [0, 0.1) is 22.7 Å². The van der Waals surface area contributed by atoms with Gasteiger partial charge in [-0.3, -0.25) is 0 Å². The Labute approximate surface area is 401 Å². The van der Waals surface area contributed by atoms with Crippen LogP contribution < -0.4 is 0 Å². The molecule has 320 valence electrons. The Morgan fingerprint density at radius 1 is 0.286 bits per heavy atom.